The maximum absolute atomic E-state index is 6.23. The maximum Gasteiger partial charge on any atom is 0.136 e. The summed E-state index contributed by atoms with van der Waals surface area (Å²) in [5.41, 5.74) is 13.8. The highest BCUT2D eigenvalue weighted by Crippen LogP contribution is 2.40. The van der Waals surface area contributed by atoms with Crippen LogP contribution in [-0.4, -0.2) is 6.04 Å². The fraction of sp³-hybridized carbons (Fsp3) is 0.0800. The van der Waals surface area contributed by atoms with Crippen LogP contribution in [0.4, 0.5) is 11.4 Å². The first-order valence-electron chi connectivity index (χ1n) is 18.6. The third-order valence-corrected chi connectivity index (χ3v) is 11.3. The molecule has 2 aromatic heterocycles. The van der Waals surface area contributed by atoms with Crippen LogP contribution < -0.4 is 4.90 Å². The number of hydrogen-bond acceptors (Lipinski definition) is 3. The van der Waals surface area contributed by atoms with Crippen LogP contribution in [0, 0.1) is 0 Å². The summed E-state index contributed by atoms with van der Waals surface area (Å²) in [6.07, 6.45) is 14.9. The van der Waals surface area contributed by atoms with Gasteiger partial charge in [0.2, 0.25) is 0 Å². The van der Waals surface area contributed by atoms with Crippen LogP contribution in [0.25, 0.3) is 77.4 Å². The Morgan fingerprint density at radius 3 is 2.15 bits per heavy atom. The molecule has 9 aromatic rings. The Bertz CT molecular complexity index is 2990. The molecular formula is C50H35NO2. The van der Waals surface area contributed by atoms with Crippen molar-refractivity contribution in [3.63, 3.8) is 0 Å². The summed E-state index contributed by atoms with van der Waals surface area (Å²) in [7, 11) is 0. The maximum atomic E-state index is 6.23. The zero-order chi connectivity index (χ0) is 34.9. The second kappa shape index (κ2) is 12.0. The van der Waals surface area contributed by atoms with E-state index < -0.39 is 0 Å². The molecule has 252 valence electrons. The summed E-state index contributed by atoms with van der Waals surface area (Å²) in [5, 5.41) is 7.02. The minimum Gasteiger partial charge on any atom is -0.456 e. The van der Waals surface area contributed by atoms with E-state index >= 15 is 0 Å². The minimum absolute atomic E-state index is 0.138. The van der Waals surface area contributed by atoms with Gasteiger partial charge in [-0.05, 0) is 118 Å². The van der Waals surface area contributed by atoms with Gasteiger partial charge in [-0.1, -0.05) is 115 Å². The smallest absolute Gasteiger partial charge is 0.136 e. The average Bonchev–Trinajstić information content (AvgIpc) is 3.80. The van der Waals surface area contributed by atoms with E-state index in [-0.39, 0.29) is 6.04 Å². The monoisotopic (exact) mass is 681 g/mol. The quantitative estimate of drug-likeness (QED) is 0.181. The molecule has 0 N–H and O–H groups in total. The summed E-state index contributed by atoms with van der Waals surface area (Å²) in [5.74, 6) is 0. The summed E-state index contributed by atoms with van der Waals surface area (Å²) >= 11 is 0. The third kappa shape index (κ3) is 4.96. The lowest BCUT2D eigenvalue weighted by molar-refractivity contribution is 0.668. The van der Waals surface area contributed by atoms with Gasteiger partial charge >= 0.3 is 0 Å². The van der Waals surface area contributed by atoms with Crippen molar-refractivity contribution in [2.24, 2.45) is 0 Å². The number of nitrogens with zero attached hydrogens (tertiary/aromatic N) is 1. The Labute approximate surface area is 307 Å². The van der Waals surface area contributed by atoms with Gasteiger partial charge in [-0.15, -0.1) is 0 Å². The van der Waals surface area contributed by atoms with Gasteiger partial charge in [0.05, 0.1) is 6.04 Å². The molecule has 0 radical (unpaired) electrons. The molecule has 0 spiro atoms. The second-order valence-electron chi connectivity index (χ2n) is 14.3. The summed E-state index contributed by atoms with van der Waals surface area (Å²) in [4.78, 5) is 2.48. The summed E-state index contributed by atoms with van der Waals surface area (Å²) < 4.78 is 12.5. The summed E-state index contributed by atoms with van der Waals surface area (Å²) in [6, 6.07) is 50.3. The molecule has 3 nitrogen and oxygen atoms in total. The lowest BCUT2D eigenvalue weighted by atomic mass is 9.87. The Balaban J connectivity index is 0.992. The van der Waals surface area contributed by atoms with Crippen LogP contribution >= 0.6 is 0 Å². The van der Waals surface area contributed by atoms with Crippen LogP contribution in [0.15, 0.2) is 173 Å². The zero-order valence-electron chi connectivity index (χ0n) is 29.1. The largest absolute Gasteiger partial charge is 0.456 e. The predicted octanol–water partition coefficient (Wildman–Crippen LogP) is 13.8. The Hall–Kier alpha value is -6.58. The molecule has 11 rings (SSSR count). The van der Waals surface area contributed by atoms with E-state index in [2.05, 4.69) is 151 Å². The molecule has 7 aromatic carbocycles. The van der Waals surface area contributed by atoms with Crippen molar-refractivity contribution in [2.45, 2.75) is 25.3 Å². The molecule has 0 bridgehead atoms. The van der Waals surface area contributed by atoms with Crippen molar-refractivity contribution in [1.82, 2.24) is 0 Å². The van der Waals surface area contributed by atoms with Gasteiger partial charge in [0.25, 0.3) is 0 Å². The van der Waals surface area contributed by atoms with Crippen molar-refractivity contribution in [2.75, 3.05) is 4.90 Å². The second-order valence-corrected chi connectivity index (χ2v) is 14.3. The highest BCUT2D eigenvalue weighted by Gasteiger charge is 2.23. The van der Waals surface area contributed by atoms with Gasteiger partial charge in [-0.2, -0.15) is 0 Å². The van der Waals surface area contributed by atoms with E-state index in [4.69, 9.17) is 8.83 Å². The lowest BCUT2D eigenvalue weighted by Gasteiger charge is -2.33. The predicted molar refractivity (Wildman–Crippen MR) is 222 cm³/mol. The molecular weight excluding hydrogens is 647 g/mol. The van der Waals surface area contributed by atoms with Crippen LogP contribution in [-0.2, 0) is 6.42 Å². The normalized spacial score (nSPS) is 15.5. The van der Waals surface area contributed by atoms with Crippen LogP contribution in [0.2, 0.25) is 0 Å². The number of furan rings is 2. The molecule has 0 fully saturated rings. The highest BCUT2D eigenvalue weighted by molar-refractivity contribution is 6.19. The average molecular weight is 682 g/mol. The lowest BCUT2D eigenvalue weighted by Crippen LogP contribution is -2.30. The van der Waals surface area contributed by atoms with Crippen molar-refractivity contribution in [3.8, 4) is 11.1 Å². The van der Waals surface area contributed by atoms with Gasteiger partial charge in [0.1, 0.15) is 22.3 Å². The molecule has 2 aliphatic carbocycles. The number of hydrogen-bond donors (Lipinski definition) is 0. The van der Waals surface area contributed by atoms with E-state index in [9.17, 15) is 0 Å². The van der Waals surface area contributed by atoms with Gasteiger partial charge in [0.15, 0.2) is 0 Å². The van der Waals surface area contributed by atoms with E-state index in [1.54, 1.807) is 0 Å². The fourth-order valence-electron chi connectivity index (χ4n) is 8.65. The zero-order valence-corrected chi connectivity index (χ0v) is 29.1. The highest BCUT2D eigenvalue weighted by atomic mass is 16.3. The van der Waals surface area contributed by atoms with Crippen molar-refractivity contribution >= 4 is 77.7 Å². The molecule has 0 aliphatic heterocycles. The topological polar surface area (TPSA) is 29.5 Å². The van der Waals surface area contributed by atoms with Gasteiger partial charge in [-0.25, -0.2) is 0 Å². The molecule has 2 aliphatic rings. The number of allylic oxidation sites excluding steroid dienone is 3. The van der Waals surface area contributed by atoms with Crippen molar-refractivity contribution in [3.05, 3.63) is 181 Å². The number of anilines is 2. The fourth-order valence-corrected chi connectivity index (χ4v) is 8.65. The summed E-state index contributed by atoms with van der Waals surface area (Å²) in [6.45, 7) is 0. The Morgan fingerprint density at radius 2 is 1.28 bits per heavy atom. The van der Waals surface area contributed by atoms with Crippen LogP contribution in [0.1, 0.15) is 29.5 Å². The van der Waals surface area contributed by atoms with Crippen molar-refractivity contribution < 1.29 is 8.83 Å². The molecule has 0 saturated carbocycles. The molecule has 1 unspecified atom stereocenters. The van der Waals surface area contributed by atoms with E-state index in [1.165, 1.54) is 49.5 Å². The minimum atomic E-state index is 0.138. The molecule has 53 heavy (non-hydrogen) atoms. The first-order valence-corrected chi connectivity index (χ1v) is 18.6. The Morgan fingerprint density at radius 1 is 0.547 bits per heavy atom. The SMILES string of the molecule is C1=Cc2c(cccc2C2=CCC(N(c3ccc(-c4ccc5ccc6oc7ccccc7c6c5c4)cc3)c3ccc4oc5ccccc5c4c3)C=C2)CC1. The van der Waals surface area contributed by atoms with E-state index in [1.807, 2.05) is 24.3 Å². The van der Waals surface area contributed by atoms with E-state index in [0.717, 1.165) is 69.1 Å². The van der Waals surface area contributed by atoms with Crippen LogP contribution in [0.3, 0.4) is 0 Å². The molecule has 2 heterocycles. The van der Waals surface area contributed by atoms with Gasteiger partial charge in [-0.3, -0.25) is 0 Å². The molecule has 0 saturated heterocycles. The standard InChI is InChI=1S/C50H35NO2/c1-2-10-40-33(8-1)9-7-13-41(40)34-20-25-38(26-21-34)51(39-27-29-48-45(31-39)42-11-3-5-14-46(42)52-48)37-23-18-32(19-24-37)36-17-16-35-22-28-49-50(44(35)30-36)43-12-4-6-15-47(43)53-49/h2-7,9-25,27-31,38H,1,8,26H2. The molecule has 3 heteroatoms. The van der Waals surface area contributed by atoms with Gasteiger partial charge in [0, 0.05) is 32.9 Å². The van der Waals surface area contributed by atoms with Crippen molar-refractivity contribution in [1.29, 1.82) is 0 Å². The molecule has 0 amide bonds. The number of aryl methyl sites for hydroxylation is 1. The first-order chi connectivity index (χ1) is 26.2. The van der Waals surface area contributed by atoms with E-state index in [0.29, 0.717) is 0 Å². The number of para-hydroxylation sites is 2. The number of benzene rings is 7. The van der Waals surface area contributed by atoms with Crippen LogP contribution in [0.5, 0.6) is 0 Å². The number of fused-ring (bicyclic) bond motifs is 9. The molecule has 1 atom stereocenters. The Kier molecular flexibility index (Phi) is 6.81. The first kappa shape index (κ1) is 30.1. The van der Waals surface area contributed by atoms with Gasteiger partial charge < -0.3 is 13.7 Å². The third-order valence-electron chi connectivity index (χ3n) is 11.3. The number of rotatable bonds is 5.